The standard InChI is InChI=1S/C13H18BrFN2/c14-11-1-2-13(15)10(7-11)3-4-17-8-9-5-12(16)6-9/h1-2,7,9,12,17H,3-6,8,16H2. The van der Waals surface area contributed by atoms with Crippen LogP contribution in [-0.2, 0) is 6.42 Å². The summed E-state index contributed by atoms with van der Waals surface area (Å²) in [7, 11) is 0. The van der Waals surface area contributed by atoms with Gasteiger partial charge < -0.3 is 11.1 Å². The fourth-order valence-corrected chi connectivity index (χ4v) is 2.63. The maximum absolute atomic E-state index is 13.4. The second-order valence-electron chi connectivity index (χ2n) is 4.79. The van der Waals surface area contributed by atoms with Crippen LogP contribution >= 0.6 is 15.9 Å². The Morgan fingerprint density at radius 1 is 1.41 bits per heavy atom. The summed E-state index contributed by atoms with van der Waals surface area (Å²) < 4.78 is 14.3. The predicted octanol–water partition coefficient (Wildman–Crippen LogP) is 2.46. The molecule has 17 heavy (non-hydrogen) atoms. The van der Waals surface area contributed by atoms with Crippen LogP contribution in [0.2, 0.25) is 0 Å². The van der Waals surface area contributed by atoms with Crippen LogP contribution in [0.15, 0.2) is 22.7 Å². The molecule has 1 aromatic carbocycles. The Hall–Kier alpha value is -0.450. The molecule has 1 fully saturated rings. The van der Waals surface area contributed by atoms with E-state index in [1.54, 1.807) is 6.07 Å². The van der Waals surface area contributed by atoms with Crippen molar-refractivity contribution in [2.75, 3.05) is 13.1 Å². The summed E-state index contributed by atoms with van der Waals surface area (Å²) in [6.45, 7) is 1.82. The molecule has 4 heteroatoms. The zero-order valence-corrected chi connectivity index (χ0v) is 11.3. The van der Waals surface area contributed by atoms with E-state index in [-0.39, 0.29) is 5.82 Å². The van der Waals surface area contributed by atoms with Gasteiger partial charge in [-0.15, -0.1) is 0 Å². The van der Waals surface area contributed by atoms with Gasteiger partial charge in [0.25, 0.3) is 0 Å². The normalized spacial score (nSPS) is 23.5. The molecule has 0 bridgehead atoms. The highest BCUT2D eigenvalue weighted by molar-refractivity contribution is 9.10. The van der Waals surface area contributed by atoms with Gasteiger partial charge in [-0.1, -0.05) is 15.9 Å². The highest BCUT2D eigenvalue weighted by Crippen LogP contribution is 2.24. The molecule has 0 atom stereocenters. The van der Waals surface area contributed by atoms with Gasteiger partial charge in [0.1, 0.15) is 5.82 Å². The first kappa shape index (κ1) is 13.0. The van der Waals surface area contributed by atoms with Crippen molar-refractivity contribution in [3.8, 4) is 0 Å². The summed E-state index contributed by atoms with van der Waals surface area (Å²) >= 11 is 3.35. The lowest BCUT2D eigenvalue weighted by molar-refractivity contribution is 0.257. The summed E-state index contributed by atoms with van der Waals surface area (Å²) in [6, 6.07) is 5.48. The first-order valence-electron chi connectivity index (χ1n) is 6.05. The SMILES string of the molecule is NC1CC(CNCCc2cc(Br)ccc2F)C1. The lowest BCUT2D eigenvalue weighted by Gasteiger charge is -2.32. The van der Waals surface area contributed by atoms with Gasteiger partial charge in [0, 0.05) is 10.5 Å². The van der Waals surface area contributed by atoms with Gasteiger partial charge in [-0.05, 0) is 62.0 Å². The molecule has 2 nitrogen and oxygen atoms in total. The Morgan fingerprint density at radius 2 is 2.18 bits per heavy atom. The summed E-state index contributed by atoms with van der Waals surface area (Å²) in [5, 5.41) is 3.37. The largest absolute Gasteiger partial charge is 0.328 e. The van der Waals surface area contributed by atoms with E-state index in [4.69, 9.17) is 5.73 Å². The summed E-state index contributed by atoms with van der Waals surface area (Å²) in [5.41, 5.74) is 6.48. The smallest absolute Gasteiger partial charge is 0.126 e. The number of nitrogens with two attached hydrogens (primary N) is 1. The number of rotatable bonds is 5. The van der Waals surface area contributed by atoms with Gasteiger partial charge in [-0.2, -0.15) is 0 Å². The van der Waals surface area contributed by atoms with Crippen molar-refractivity contribution >= 4 is 15.9 Å². The van der Waals surface area contributed by atoms with Crippen molar-refractivity contribution in [2.24, 2.45) is 11.7 Å². The first-order valence-corrected chi connectivity index (χ1v) is 6.84. The Labute approximate surface area is 110 Å². The van der Waals surface area contributed by atoms with E-state index in [0.29, 0.717) is 6.04 Å². The zero-order valence-electron chi connectivity index (χ0n) is 9.76. The van der Waals surface area contributed by atoms with Gasteiger partial charge in [-0.25, -0.2) is 4.39 Å². The molecule has 0 spiro atoms. The fourth-order valence-electron chi connectivity index (χ4n) is 2.22. The van der Waals surface area contributed by atoms with Gasteiger partial charge in [0.2, 0.25) is 0 Å². The number of halogens is 2. The van der Waals surface area contributed by atoms with Crippen LogP contribution in [0.4, 0.5) is 4.39 Å². The van der Waals surface area contributed by atoms with Crippen LogP contribution in [0, 0.1) is 11.7 Å². The van der Waals surface area contributed by atoms with Crippen molar-refractivity contribution in [2.45, 2.75) is 25.3 Å². The van der Waals surface area contributed by atoms with Crippen LogP contribution in [0.3, 0.4) is 0 Å². The lowest BCUT2D eigenvalue weighted by atomic mass is 9.81. The zero-order chi connectivity index (χ0) is 12.3. The third-order valence-corrected chi connectivity index (χ3v) is 3.78. The molecular formula is C13H18BrFN2. The molecule has 0 amide bonds. The van der Waals surface area contributed by atoms with Gasteiger partial charge >= 0.3 is 0 Å². The van der Waals surface area contributed by atoms with Gasteiger partial charge in [-0.3, -0.25) is 0 Å². The van der Waals surface area contributed by atoms with Gasteiger partial charge in [0.05, 0.1) is 0 Å². The average molecular weight is 301 g/mol. The second kappa shape index (κ2) is 5.94. The van der Waals surface area contributed by atoms with Crippen LogP contribution < -0.4 is 11.1 Å². The van der Waals surface area contributed by atoms with E-state index in [2.05, 4.69) is 21.2 Å². The topological polar surface area (TPSA) is 38.0 Å². The molecule has 0 heterocycles. The Balaban J connectivity index is 1.69. The molecular weight excluding hydrogens is 283 g/mol. The number of nitrogens with one attached hydrogen (secondary N) is 1. The van der Waals surface area contributed by atoms with E-state index in [1.807, 2.05) is 6.07 Å². The minimum Gasteiger partial charge on any atom is -0.328 e. The molecule has 1 aliphatic rings. The highest BCUT2D eigenvalue weighted by atomic mass is 79.9. The van der Waals surface area contributed by atoms with Crippen LogP contribution in [0.5, 0.6) is 0 Å². The van der Waals surface area contributed by atoms with Crippen molar-refractivity contribution in [1.82, 2.24) is 5.32 Å². The molecule has 0 aliphatic heterocycles. The van der Waals surface area contributed by atoms with E-state index in [0.717, 1.165) is 48.3 Å². The average Bonchev–Trinajstić information content (AvgIpc) is 2.26. The molecule has 0 radical (unpaired) electrons. The second-order valence-corrected chi connectivity index (χ2v) is 5.70. The number of hydrogen-bond donors (Lipinski definition) is 2. The highest BCUT2D eigenvalue weighted by Gasteiger charge is 2.24. The molecule has 0 aromatic heterocycles. The maximum Gasteiger partial charge on any atom is 0.126 e. The molecule has 2 rings (SSSR count). The van der Waals surface area contributed by atoms with Crippen molar-refractivity contribution in [3.05, 3.63) is 34.1 Å². The Bertz CT molecular complexity index is 378. The Morgan fingerprint density at radius 3 is 2.88 bits per heavy atom. The summed E-state index contributed by atoms with van der Waals surface area (Å²) in [6.07, 6.45) is 2.97. The molecule has 0 unspecified atom stereocenters. The molecule has 1 aromatic rings. The first-order chi connectivity index (χ1) is 8.15. The predicted molar refractivity (Wildman–Crippen MR) is 71.4 cm³/mol. The third-order valence-electron chi connectivity index (χ3n) is 3.28. The van der Waals surface area contributed by atoms with Crippen LogP contribution in [-0.4, -0.2) is 19.1 Å². The van der Waals surface area contributed by atoms with Crippen LogP contribution in [0.1, 0.15) is 18.4 Å². The molecule has 3 N–H and O–H groups in total. The Kier molecular flexibility index (Phi) is 4.54. The van der Waals surface area contributed by atoms with Crippen molar-refractivity contribution in [3.63, 3.8) is 0 Å². The van der Waals surface area contributed by atoms with E-state index < -0.39 is 0 Å². The summed E-state index contributed by atoms with van der Waals surface area (Å²) in [5.74, 6) is 0.595. The van der Waals surface area contributed by atoms with Gasteiger partial charge in [0.15, 0.2) is 0 Å². The maximum atomic E-state index is 13.4. The van der Waals surface area contributed by atoms with E-state index >= 15 is 0 Å². The van der Waals surface area contributed by atoms with Crippen LogP contribution in [0.25, 0.3) is 0 Å². The quantitative estimate of drug-likeness (QED) is 0.820. The fraction of sp³-hybridized carbons (Fsp3) is 0.538. The molecule has 1 saturated carbocycles. The number of benzene rings is 1. The summed E-state index contributed by atoms with van der Waals surface area (Å²) in [4.78, 5) is 0. The minimum atomic E-state index is -0.124. The monoisotopic (exact) mass is 300 g/mol. The van der Waals surface area contributed by atoms with Crippen molar-refractivity contribution < 1.29 is 4.39 Å². The lowest BCUT2D eigenvalue weighted by Crippen LogP contribution is -2.41. The van der Waals surface area contributed by atoms with Crippen molar-refractivity contribution in [1.29, 1.82) is 0 Å². The minimum absolute atomic E-state index is 0.124. The van der Waals surface area contributed by atoms with E-state index in [9.17, 15) is 4.39 Å². The molecule has 1 aliphatic carbocycles. The third kappa shape index (κ3) is 3.76. The van der Waals surface area contributed by atoms with E-state index in [1.165, 1.54) is 6.07 Å². The molecule has 94 valence electrons. The number of hydrogen-bond acceptors (Lipinski definition) is 2. The molecule has 0 saturated heterocycles.